The van der Waals surface area contributed by atoms with Gasteiger partial charge >= 0.3 is 0 Å². The molecule has 2 aromatic carbocycles. The second-order valence-corrected chi connectivity index (χ2v) is 6.22. The average Bonchev–Trinajstić information content (AvgIpc) is 3.30. The second kappa shape index (κ2) is 6.15. The first-order valence-electron chi connectivity index (χ1n) is 7.56. The van der Waals surface area contributed by atoms with Crippen LogP contribution in [-0.4, -0.2) is 9.78 Å². The summed E-state index contributed by atoms with van der Waals surface area (Å²) < 4.78 is 1.86. The van der Waals surface area contributed by atoms with Crippen molar-refractivity contribution in [3.63, 3.8) is 0 Å². The van der Waals surface area contributed by atoms with E-state index in [4.69, 9.17) is 5.10 Å². The lowest BCUT2D eigenvalue weighted by molar-refractivity contribution is 0.893. The van der Waals surface area contributed by atoms with Crippen LogP contribution in [0.4, 0.5) is 0 Å². The minimum absolute atomic E-state index is 0.604. The Balaban J connectivity index is 2.04. The Morgan fingerprint density at radius 3 is 2.21 bits per heavy atom. The Bertz CT molecular complexity index is 994. The molecule has 4 aromatic rings. The fourth-order valence-electron chi connectivity index (χ4n) is 2.73. The van der Waals surface area contributed by atoms with Crippen molar-refractivity contribution in [2.45, 2.75) is 0 Å². The topological polar surface area (TPSA) is 41.6 Å². The van der Waals surface area contributed by atoms with Gasteiger partial charge in [0.05, 0.1) is 16.3 Å². The molecule has 4 rings (SSSR count). The van der Waals surface area contributed by atoms with Gasteiger partial charge in [0.2, 0.25) is 0 Å². The monoisotopic (exact) mass is 327 g/mol. The van der Waals surface area contributed by atoms with Gasteiger partial charge in [-0.05, 0) is 23.6 Å². The first-order chi connectivity index (χ1) is 11.9. The van der Waals surface area contributed by atoms with Crippen LogP contribution in [0.25, 0.3) is 27.5 Å². The lowest BCUT2D eigenvalue weighted by Gasteiger charge is -2.07. The molecule has 0 bridgehead atoms. The van der Waals surface area contributed by atoms with Crippen molar-refractivity contribution < 1.29 is 0 Å². The lowest BCUT2D eigenvalue weighted by atomic mass is 10.1. The molecule has 2 aromatic heterocycles. The van der Waals surface area contributed by atoms with Crippen molar-refractivity contribution in [2.24, 2.45) is 0 Å². The Hall–Kier alpha value is -3.16. The summed E-state index contributed by atoms with van der Waals surface area (Å²) in [4.78, 5) is 0.999. The molecule has 4 heteroatoms. The number of hydrogen-bond donors (Lipinski definition) is 0. The van der Waals surface area contributed by atoms with Crippen LogP contribution >= 0.6 is 11.3 Å². The third kappa shape index (κ3) is 2.41. The van der Waals surface area contributed by atoms with E-state index in [0.29, 0.717) is 5.56 Å². The number of hydrogen-bond acceptors (Lipinski definition) is 3. The van der Waals surface area contributed by atoms with Crippen LogP contribution in [0.15, 0.2) is 78.2 Å². The number of nitriles is 1. The molecule has 0 aliphatic rings. The van der Waals surface area contributed by atoms with Crippen LogP contribution in [-0.2, 0) is 0 Å². The van der Waals surface area contributed by atoms with Gasteiger partial charge < -0.3 is 0 Å². The first-order valence-corrected chi connectivity index (χ1v) is 8.44. The number of benzene rings is 2. The van der Waals surface area contributed by atoms with Crippen molar-refractivity contribution in [1.82, 2.24) is 9.78 Å². The van der Waals surface area contributed by atoms with Crippen molar-refractivity contribution in [1.29, 1.82) is 5.26 Å². The van der Waals surface area contributed by atoms with Gasteiger partial charge in [0.1, 0.15) is 17.3 Å². The summed E-state index contributed by atoms with van der Waals surface area (Å²) in [5, 5.41) is 16.6. The highest BCUT2D eigenvalue weighted by molar-refractivity contribution is 7.13. The minimum atomic E-state index is 0.604. The molecule has 0 atom stereocenters. The summed E-state index contributed by atoms with van der Waals surface area (Å²) >= 11 is 1.59. The van der Waals surface area contributed by atoms with Crippen molar-refractivity contribution >= 4 is 11.3 Å². The lowest BCUT2D eigenvalue weighted by Crippen LogP contribution is -1.99. The maximum absolute atomic E-state index is 9.82. The van der Waals surface area contributed by atoms with Gasteiger partial charge in [-0.1, -0.05) is 54.6 Å². The van der Waals surface area contributed by atoms with E-state index >= 15 is 0 Å². The molecular formula is C20H13N3S. The Morgan fingerprint density at radius 2 is 1.58 bits per heavy atom. The maximum atomic E-state index is 9.82. The van der Waals surface area contributed by atoms with E-state index < -0.39 is 0 Å². The van der Waals surface area contributed by atoms with E-state index in [0.717, 1.165) is 27.5 Å². The molecule has 2 heterocycles. The van der Waals surface area contributed by atoms with E-state index in [9.17, 15) is 5.26 Å². The summed E-state index contributed by atoms with van der Waals surface area (Å²) in [5.41, 5.74) is 4.08. The van der Waals surface area contributed by atoms with Gasteiger partial charge in [0.25, 0.3) is 0 Å². The molecular weight excluding hydrogens is 314 g/mol. The van der Waals surface area contributed by atoms with Crippen molar-refractivity contribution in [3.8, 4) is 33.6 Å². The predicted molar refractivity (Wildman–Crippen MR) is 97.0 cm³/mol. The number of rotatable bonds is 3. The van der Waals surface area contributed by atoms with E-state index in [2.05, 4.69) is 6.07 Å². The molecule has 3 nitrogen and oxygen atoms in total. The van der Waals surface area contributed by atoms with Crippen LogP contribution in [0.3, 0.4) is 0 Å². The van der Waals surface area contributed by atoms with Crippen LogP contribution in [0.2, 0.25) is 0 Å². The zero-order valence-electron chi connectivity index (χ0n) is 12.8. The molecule has 114 valence electrons. The highest BCUT2D eigenvalue weighted by Crippen LogP contribution is 2.35. The molecule has 0 saturated carbocycles. The Morgan fingerprint density at radius 1 is 0.875 bits per heavy atom. The normalized spacial score (nSPS) is 10.5. The number of nitrogens with zero attached hydrogens (tertiary/aromatic N) is 3. The summed E-state index contributed by atoms with van der Waals surface area (Å²) in [6.45, 7) is 0. The highest BCUT2D eigenvalue weighted by atomic mass is 32.1. The van der Waals surface area contributed by atoms with E-state index in [1.165, 1.54) is 0 Å². The minimum Gasteiger partial charge on any atom is -0.231 e. The van der Waals surface area contributed by atoms with E-state index in [1.807, 2.05) is 82.9 Å². The van der Waals surface area contributed by atoms with Gasteiger partial charge in [-0.3, -0.25) is 0 Å². The Labute approximate surface area is 144 Å². The van der Waals surface area contributed by atoms with Crippen LogP contribution in [0, 0.1) is 11.3 Å². The van der Waals surface area contributed by atoms with E-state index in [1.54, 1.807) is 11.3 Å². The number of aromatic nitrogens is 2. The summed E-state index contributed by atoms with van der Waals surface area (Å²) in [7, 11) is 0. The molecule has 0 saturated heterocycles. The third-order valence-corrected chi connectivity index (χ3v) is 4.68. The smallest absolute Gasteiger partial charge is 0.121 e. The zero-order chi connectivity index (χ0) is 16.4. The van der Waals surface area contributed by atoms with Gasteiger partial charge in [0.15, 0.2) is 0 Å². The molecule has 0 fully saturated rings. The first kappa shape index (κ1) is 14.4. The molecule has 0 spiro atoms. The summed E-state index contributed by atoms with van der Waals surface area (Å²) in [6, 6.07) is 26.2. The predicted octanol–water partition coefficient (Wildman–Crippen LogP) is 5.14. The maximum Gasteiger partial charge on any atom is 0.121 e. The molecule has 0 N–H and O–H groups in total. The van der Waals surface area contributed by atoms with Gasteiger partial charge in [-0.15, -0.1) is 11.3 Å². The largest absolute Gasteiger partial charge is 0.231 e. The average molecular weight is 327 g/mol. The molecule has 24 heavy (non-hydrogen) atoms. The third-order valence-electron chi connectivity index (χ3n) is 3.80. The van der Waals surface area contributed by atoms with Gasteiger partial charge in [0, 0.05) is 5.56 Å². The summed E-state index contributed by atoms with van der Waals surface area (Å²) in [6.07, 6.45) is 0. The van der Waals surface area contributed by atoms with E-state index in [-0.39, 0.29) is 0 Å². The number of para-hydroxylation sites is 1. The van der Waals surface area contributed by atoms with Crippen LogP contribution in [0.5, 0.6) is 0 Å². The Kier molecular flexibility index (Phi) is 3.70. The highest BCUT2D eigenvalue weighted by Gasteiger charge is 2.21. The molecule has 0 amide bonds. The van der Waals surface area contributed by atoms with Crippen molar-refractivity contribution in [3.05, 3.63) is 83.7 Å². The number of thiophene rings is 1. The summed E-state index contributed by atoms with van der Waals surface area (Å²) in [5.74, 6) is 0. The molecule has 0 aliphatic heterocycles. The quantitative estimate of drug-likeness (QED) is 0.523. The SMILES string of the molecule is N#Cc1c(-c2cccs2)nn(-c2ccccc2)c1-c1ccccc1. The van der Waals surface area contributed by atoms with Gasteiger partial charge in [-0.2, -0.15) is 10.4 Å². The zero-order valence-corrected chi connectivity index (χ0v) is 13.6. The molecule has 0 unspecified atom stereocenters. The fourth-order valence-corrected chi connectivity index (χ4v) is 3.44. The standard InChI is InChI=1S/C20H13N3S/c21-14-17-19(18-12-7-13-24-18)22-23(16-10-5-2-6-11-16)20(17)15-8-3-1-4-9-15/h1-13H. The molecule has 0 radical (unpaired) electrons. The second-order valence-electron chi connectivity index (χ2n) is 5.27. The molecule has 0 aliphatic carbocycles. The van der Waals surface area contributed by atoms with Crippen LogP contribution in [0.1, 0.15) is 5.56 Å². The van der Waals surface area contributed by atoms with Crippen LogP contribution < -0.4 is 0 Å². The van der Waals surface area contributed by atoms with Gasteiger partial charge in [-0.25, -0.2) is 4.68 Å². The van der Waals surface area contributed by atoms with Crippen molar-refractivity contribution in [2.75, 3.05) is 0 Å². The fraction of sp³-hybridized carbons (Fsp3) is 0.